The summed E-state index contributed by atoms with van der Waals surface area (Å²) in [6.07, 6.45) is 2.55. The van der Waals surface area contributed by atoms with E-state index in [4.69, 9.17) is 4.42 Å². The minimum absolute atomic E-state index is 0.585. The van der Waals surface area contributed by atoms with Crippen molar-refractivity contribution in [2.75, 3.05) is 0 Å². The molecule has 1 heterocycles. The maximum atomic E-state index is 10.5. The van der Waals surface area contributed by atoms with Gasteiger partial charge in [-0.2, -0.15) is 0 Å². The molecule has 118 valence electrons. The van der Waals surface area contributed by atoms with Crippen molar-refractivity contribution in [1.82, 2.24) is 0 Å². The average molecular weight is 324 g/mol. The zero-order valence-electron chi connectivity index (χ0n) is 13.1. The standard InChI is InChI=1S/C20H20O2S/c1-15-7-10-17(11-8-15)23-19-13-14-22-20(19)18(21)12-9-16-5-3-2-4-6-16/h2-8,10-11,13-14,18,21H,9,12H2,1H3/t18-/m0/s1. The molecule has 0 saturated heterocycles. The first-order chi connectivity index (χ1) is 11.2. The third-order valence-electron chi connectivity index (χ3n) is 3.76. The van der Waals surface area contributed by atoms with Gasteiger partial charge in [0.25, 0.3) is 0 Å². The van der Waals surface area contributed by atoms with Crippen LogP contribution in [0.4, 0.5) is 0 Å². The molecule has 2 aromatic carbocycles. The van der Waals surface area contributed by atoms with E-state index in [1.807, 2.05) is 24.3 Å². The Hall–Kier alpha value is -1.97. The van der Waals surface area contributed by atoms with E-state index < -0.39 is 6.10 Å². The number of aliphatic hydroxyl groups is 1. The van der Waals surface area contributed by atoms with Gasteiger partial charge >= 0.3 is 0 Å². The zero-order valence-corrected chi connectivity index (χ0v) is 13.9. The number of hydrogen-bond acceptors (Lipinski definition) is 3. The van der Waals surface area contributed by atoms with E-state index in [0.717, 1.165) is 16.2 Å². The van der Waals surface area contributed by atoms with E-state index in [1.54, 1.807) is 18.0 Å². The molecule has 0 aliphatic rings. The average Bonchev–Trinajstić information content (AvgIpc) is 3.04. The van der Waals surface area contributed by atoms with Gasteiger partial charge in [-0.1, -0.05) is 59.8 Å². The van der Waals surface area contributed by atoms with Crippen LogP contribution in [0, 0.1) is 6.92 Å². The molecular weight excluding hydrogens is 304 g/mol. The lowest BCUT2D eigenvalue weighted by molar-refractivity contribution is 0.137. The molecule has 0 aliphatic heterocycles. The van der Waals surface area contributed by atoms with Crippen LogP contribution in [0.25, 0.3) is 0 Å². The summed E-state index contributed by atoms with van der Waals surface area (Å²) < 4.78 is 5.54. The largest absolute Gasteiger partial charge is 0.465 e. The van der Waals surface area contributed by atoms with Crippen LogP contribution in [0.15, 0.2) is 81.1 Å². The van der Waals surface area contributed by atoms with Gasteiger partial charge < -0.3 is 9.52 Å². The van der Waals surface area contributed by atoms with Gasteiger partial charge in [-0.25, -0.2) is 0 Å². The number of benzene rings is 2. The molecule has 1 N–H and O–H groups in total. The highest BCUT2D eigenvalue weighted by Crippen LogP contribution is 2.35. The van der Waals surface area contributed by atoms with Crippen LogP contribution in [-0.4, -0.2) is 5.11 Å². The summed E-state index contributed by atoms with van der Waals surface area (Å²) in [4.78, 5) is 2.13. The molecule has 0 radical (unpaired) electrons. The van der Waals surface area contributed by atoms with Gasteiger partial charge in [0.2, 0.25) is 0 Å². The second-order valence-corrected chi connectivity index (χ2v) is 6.72. The minimum Gasteiger partial charge on any atom is -0.465 e. The van der Waals surface area contributed by atoms with Crippen molar-refractivity contribution in [3.05, 3.63) is 83.8 Å². The fraction of sp³-hybridized carbons (Fsp3) is 0.200. The molecule has 23 heavy (non-hydrogen) atoms. The summed E-state index contributed by atoms with van der Waals surface area (Å²) in [5.74, 6) is 0.659. The lowest BCUT2D eigenvalue weighted by Gasteiger charge is -2.10. The highest BCUT2D eigenvalue weighted by Gasteiger charge is 2.17. The second kappa shape index (κ2) is 7.53. The van der Waals surface area contributed by atoms with Crippen molar-refractivity contribution >= 4 is 11.8 Å². The van der Waals surface area contributed by atoms with Crippen LogP contribution in [0.1, 0.15) is 29.4 Å². The molecule has 3 rings (SSSR count). The quantitative estimate of drug-likeness (QED) is 0.658. The van der Waals surface area contributed by atoms with Gasteiger partial charge in [0, 0.05) is 4.90 Å². The number of aliphatic hydroxyl groups excluding tert-OH is 1. The van der Waals surface area contributed by atoms with Crippen LogP contribution in [0.5, 0.6) is 0 Å². The zero-order chi connectivity index (χ0) is 16.1. The van der Waals surface area contributed by atoms with Crippen molar-refractivity contribution in [3.8, 4) is 0 Å². The first-order valence-corrected chi connectivity index (χ1v) is 8.58. The molecule has 1 aromatic heterocycles. The van der Waals surface area contributed by atoms with Crippen LogP contribution >= 0.6 is 11.8 Å². The van der Waals surface area contributed by atoms with Gasteiger partial charge in [-0.15, -0.1) is 0 Å². The Labute approximate surface area is 141 Å². The highest BCUT2D eigenvalue weighted by atomic mass is 32.2. The molecule has 0 saturated carbocycles. The third kappa shape index (κ3) is 4.27. The normalized spacial score (nSPS) is 12.3. The summed E-state index contributed by atoms with van der Waals surface area (Å²) in [5.41, 5.74) is 2.47. The minimum atomic E-state index is -0.585. The molecule has 0 unspecified atom stereocenters. The van der Waals surface area contributed by atoms with Crippen molar-refractivity contribution in [1.29, 1.82) is 0 Å². The molecule has 2 nitrogen and oxygen atoms in total. The Morgan fingerprint density at radius 1 is 1.00 bits per heavy atom. The fourth-order valence-electron chi connectivity index (χ4n) is 2.45. The maximum Gasteiger partial charge on any atom is 0.146 e. The summed E-state index contributed by atoms with van der Waals surface area (Å²) in [5, 5.41) is 10.5. The van der Waals surface area contributed by atoms with Gasteiger partial charge in [-0.3, -0.25) is 0 Å². The lowest BCUT2D eigenvalue weighted by atomic mass is 10.1. The predicted molar refractivity (Wildman–Crippen MR) is 93.7 cm³/mol. The van der Waals surface area contributed by atoms with Crippen LogP contribution in [0.3, 0.4) is 0 Å². The van der Waals surface area contributed by atoms with Crippen molar-refractivity contribution in [3.63, 3.8) is 0 Å². The van der Waals surface area contributed by atoms with Gasteiger partial charge in [0.1, 0.15) is 11.9 Å². The topological polar surface area (TPSA) is 33.4 Å². The van der Waals surface area contributed by atoms with Crippen molar-refractivity contribution in [2.45, 2.75) is 35.7 Å². The van der Waals surface area contributed by atoms with E-state index in [1.165, 1.54) is 11.1 Å². The molecule has 0 bridgehead atoms. The van der Waals surface area contributed by atoms with E-state index in [-0.39, 0.29) is 0 Å². The van der Waals surface area contributed by atoms with Gasteiger partial charge in [-0.05, 0) is 43.5 Å². The van der Waals surface area contributed by atoms with E-state index >= 15 is 0 Å². The van der Waals surface area contributed by atoms with E-state index in [9.17, 15) is 5.11 Å². The molecule has 0 spiro atoms. The van der Waals surface area contributed by atoms with Crippen LogP contribution in [0.2, 0.25) is 0 Å². The van der Waals surface area contributed by atoms with Crippen LogP contribution in [-0.2, 0) is 6.42 Å². The number of hydrogen-bond donors (Lipinski definition) is 1. The number of furan rings is 1. The highest BCUT2D eigenvalue weighted by molar-refractivity contribution is 7.99. The molecular formula is C20H20O2S. The van der Waals surface area contributed by atoms with Gasteiger partial charge in [0.05, 0.1) is 11.2 Å². The lowest BCUT2D eigenvalue weighted by Crippen LogP contribution is -1.99. The first kappa shape index (κ1) is 15.9. The Kier molecular flexibility index (Phi) is 5.21. The molecule has 0 amide bonds. The Balaban J connectivity index is 1.66. The Morgan fingerprint density at radius 2 is 1.74 bits per heavy atom. The third-order valence-corrected chi connectivity index (χ3v) is 4.82. The summed E-state index contributed by atoms with van der Waals surface area (Å²) in [6.45, 7) is 2.07. The Morgan fingerprint density at radius 3 is 2.48 bits per heavy atom. The summed E-state index contributed by atoms with van der Waals surface area (Å²) >= 11 is 1.63. The molecule has 3 heteroatoms. The Bertz CT molecular complexity index is 732. The number of aryl methyl sites for hydroxylation is 2. The molecule has 3 aromatic rings. The fourth-order valence-corrected chi connectivity index (χ4v) is 3.38. The SMILES string of the molecule is Cc1ccc(Sc2ccoc2[C@@H](O)CCc2ccccc2)cc1. The summed E-state index contributed by atoms with van der Waals surface area (Å²) in [6, 6.07) is 20.5. The molecule has 0 fully saturated rings. The summed E-state index contributed by atoms with van der Waals surface area (Å²) in [7, 11) is 0. The number of rotatable bonds is 6. The molecule has 0 aliphatic carbocycles. The molecule has 1 atom stereocenters. The van der Waals surface area contributed by atoms with Crippen molar-refractivity contribution in [2.24, 2.45) is 0 Å². The maximum absolute atomic E-state index is 10.5. The van der Waals surface area contributed by atoms with E-state index in [2.05, 4.69) is 43.3 Å². The smallest absolute Gasteiger partial charge is 0.146 e. The van der Waals surface area contributed by atoms with Gasteiger partial charge in [0.15, 0.2) is 0 Å². The van der Waals surface area contributed by atoms with Crippen molar-refractivity contribution < 1.29 is 9.52 Å². The van der Waals surface area contributed by atoms with Crippen LogP contribution < -0.4 is 0 Å². The predicted octanol–water partition coefficient (Wildman–Crippen LogP) is 5.41. The first-order valence-electron chi connectivity index (χ1n) is 7.76. The van der Waals surface area contributed by atoms with E-state index in [0.29, 0.717) is 12.2 Å². The second-order valence-electron chi connectivity index (χ2n) is 5.60. The monoisotopic (exact) mass is 324 g/mol.